The molecule has 0 aliphatic heterocycles. The summed E-state index contributed by atoms with van der Waals surface area (Å²) in [6.45, 7) is 7.44. The van der Waals surface area contributed by atoms with Gasteiger partial charge < -0.3 is 15.4 Å². The Hall–Kier alpha value is -0.610. The molecule has 0 saturated carbocycles. The van der Waals surface area contributed by atoms with Gasteiger partial charge in [-0.2, -0.15) is 0 Å². The Morgan fingerprint density at radius 3 is 2.50 bits per heavy atom. The van der Waals surface area contributed by atoms with Crippen LogP contribution in [0, 0.1) is 0 Å². The first-order chi connectivity index (χ1) is 6.45. The number of carbonyl (C=O) groups excluding carboxylic acids is 1. The van der Waals surface area contributed by atoms with Gasteiger partial charge in [0, 0.05) is 20.2 Å². The van der Waals surface area contributed by atoms with E-state index in [1.807, 2.05) is 13.8 Å². The lowest BCUT2D eigenvalue weighted by Crippen LogP contribution is -2.52. The number of amides is 1. The Labute approximate surface area is 86.4 Å². The van der Waals surface area contributed by atoms with Crippen LogP contribution in [0.4, 0.5) is 0 Å². The summed E-state index contributed by atoms with van der Waals surface area (Å²) in [6, 6.07) is 0. The Bertz CT molecular complexity index is 181. The molecule has 0 radical (unpaired) electrons. The lowest BCUT2D eigenvalue weighted by Gasteiger charge is -2.28. The van der Waals surface area contributed by atoms with Crippen molar-refractivity contribution in [2.75, 3.05) is 26.8 Å². The van der Waals surface area contributed by atoms with Crippen LogP contribution < -0.4 is 5.73 Å². The first-order valence-corrected chi connectivity index (χ1v) is 5.07. The molecular formula is C10H22N2O2. The van der Waals surface area contributed by atoms with Crippen molar-refractivity contribution in [3.63, 3.8) is 0 Å². The van der Waals surface area contributed by atoms with Gasteiger partial charge in [-0.15, -0.1) is 0 Å². The minimum absolute atomic E-state index is 0.0281. The largest absolute Gasteiger partial charge is 0.380 e. The highest BCUT2D eigenvalue weighted by molar-refractivity contribution is 5.85. The Morgan fingerprint density at radius 1 is 1.50 bits per heavy atom. The Kier molecular flexibility index (Phi) is 5.72. The molecule has 4 heteroatoms. The molecule has 1 amide bonds. The van der Waals surface area contributed by atoms with Crippen LogP contribution in [0.3, 0.4) is 0 Å². The molecule has 0 aliphatic rings. The van der Waals surface area contributed by atoms with Crippen LogP contribution in [0.15, 0.2) is 0 Å². The van der Waals surface area contributed by atoms with Gasteiger partial charge in [0.25, 0.3) is 0 Å². The van der Waals surface area contributed by atoms with E-state index in [9.17, 15) is 4.79 Å². The summed E-state index contributed by atoms with van der Waals surface area (Å²) in [5.41, 5.74) is 5.08. The number of ether oxygens (including phenoxy) is 1. The van der Waals surface area contributed by atoms with E-state index in [1.165, 1.54) is 0 Å². The van der Waals surface area contributed by atoms with Crippen molar-refractivity contribution in [2.45, 2.75) is 32.7 Å². The van der Waals surface area contributed by atoms with Crippen LogP contribution in [-0.2, 0) is 9.53 Å². The van der Waals surface area contributed by atoms with E-state index in [1.54, 1.807) is 18.9 Å². The molecular weight excluding hydrogens is 180 g/mol. The lowest BCUT2D eigenvalue weighted by molar-refractivity contribution is -0.135. The molecule has 1 unspecified atom stereocenters. The molecule has 0 heterocycles. The number of nitrogens with two attached hydrogens (primary N) is 1. The van der Waals surface area contributed by atoms with Crippen molar-refractivity contribution in [3.8, 4) is 0 Å². The molecule has 0 fully saturated rings. The van der Waals surface area contributed by atoms with Crippen LogP contribution in [0.2, 0.25) is 0 Å². The predicted molar refractivity (Wildman–Crippen MR) is 57.0 cm³/mol. The fourth-order valence-electron chi connectivity index (χ4n) is 1.03. The maximum atomic E-state index is 11.7. The number of rotatable bonds is 6. The third kappa shape index (κ3) is 4.07. The molecule has 0 aliphatic carbocycles. The molecule has 0 aromatic rings. The maximum absolute atomic E-state index is 11.7. The minimum atomic E-state index is -0.749. The molecule has 0 aromatic heterocycles. The smallest absolute Gasteiger partial charge is 0.242 e. The monoisotopic (exact) mass is 202 g/mol. The van der Waals surface area contributed by atoms with E-state index in [0.29, 0.717) is 26.2 Å². The summed E-state index contributed by atoms with van der Waals surface area (Å²) in [4.78, 5) is 13.4. The zero-order chi connectivity index (χ0) is 11.2. The Balaban J connectivity index is 3.99. The third-order valence-electron chi connectivity index (χ3n) is 2.34. The van der Waals surface area contributed by atoms with Crippen molar-refractivity contribution in [2.24, 2.45) is 5.73 Å². The molecule has 2 N–H and O–H groups in total. The van der Waals surface area contributed by atoms with Crippen LogP contribution in [0.5, 0.6) is 0 Å². The van der Waals surface area contributed by atoms with Crippen molar-refractivity contribution >= 4 is 5.91 Å². The van der Waals surface area contributed by atoms with Gasteiger partial charge in [0.1, 0.15) is 0 Å². The predicted octanol–water partition coefficient (Wildman–Crippen LogP) is 0.609. The highest BCUT2D eigenvalue weighted by Crippen LogP contribution is 2.08. The molecule has 14 heavy (non-hydrogen) atoms. The summed E-state index contributed by atoms with van der Waals surface area (Å²) >= 11 is 0. The maximum Gasteiger partial charge on any atom is 0.242 e. The molecule has 84 valence electrons. The van der Waals surface area contributed by atoms with E-state index < -0.39 is 5.54 Å². The summed E-state index contributed by atoms with van der Waals surface area (Å²) in [7, 11) is 1.75. The van der Waals surface area contributed by atoms with Gasteiger partial charge in [0.15, 0.2) is 0 Å². The van der Waals surface area contributed by atoms with Crippen molar-refractivity contribution in [3.05, 3.63) is 0 Å². The molecule has 0 saturated heterocycles. The van der Waals surface area contributed by atoms with E-state index in [4.69, 9.17) is 10.5 Å². The molecule has 0 rings (SSSR count). The van der Waals surface area contributed by atoms with Gasteiger partial charge in [0.2, 0.25) is 5.91 Å². The first kappa shape index (κ1) is 13.4. The SMILES string of the molecule is CCOCCN(C)C(=O)C(C)(N)CC. The molecule has 0 aromatic carbocycles. The van der Waals surface area contributed by atoms with Crippen molar-refractivity contribution in [1.82, 2.24) is 4.90 Å². The number of nitrogens with zero attached hydrogens (tertiary/aromatic N) is 1. The number of likely N-dealkylation sites (N-methyl/N-ethyl adjacent to an activating group) is 1. The molecule has 1 atom stereocenters. The molecule has 0 spiro atoms. The second-order valence-electron chi connectivity index (χ2n) is 3.69. The van der Waals surface area contributed by atoms with Gasteiger partial charge in [-0.25, -0.2) is 0 Å². The fraction of sp³-hybridized carbons (Fsp3) is 0.900. The van der Waals surface area contributed by atoms with E-state index in [0.717, 1.165) is 0 Å². The van der Waals surface area contributed by atoms with Gasteiger partial charge in [-0.05, 0) is 20.3 Å². The third-order valence-corrected chi connectivity index (χ3v) is 2.34. The number of hydrogen-bond donors (Lipinski definition) is 1. The Morgan fingerprint density at radius 2 is 2.07 bits per heavy atom. The van der Waals surface area contributed by atoms with E-state index >= 15 is 0 Å². The zero-order valence-electron chi connectivity index (χ0n) is 9.67. The van der Waals surface area contributed by atoms with Gasteiger partial charge >= 0.3 is 0 Å². The second kappa shape index (κ2) is 5.98. The first-order valence-electron chi connectivity index (χ1n) is 5.07. The average molecular weight is 202 g/mol. The summed E-state index contributed by atoms with van der Waals surface area (Å²) in [6.07, 6.45) is 0.644. The average Bonchev–Trinajstić information content (AvgIpc) is 2.17. The molecule has 0 bridgehead atoms. The lowest BCUT2D eigenvalue weighted by atomic mass is 9.99. The van der Waals surface area contributed by atoms with Crippen molar-refractivity contribution in [1.29, 1.82) is 0 Å². The minimum Gasteiger partial charge on any atom is -0.380 e. The standard InChI is InChI=1S/C10H22N2O2/c1-5-10(3,11)9(13)12(4)7-8-14-6-2/h5-8,11H2,1-4H3. The summed E-state index contributed by atoms with van der Waals surface area (Å²) in [5, 5.41) is 0. The van der Waals surface area contributed by atoms with Gasteiger partial charge in [-0.1, -0.05) is 6.92 Å². The number of carbonyl (C=O) groups is 1. The fourth-order valence-corrected chi connectivity index (χ4v) is 1.03. The van der Waals surface area contributed by atoms with Crippen LogP contribution in [0.25, 0.3) is 0 Å². The highest BCUT2D eigenvalue weighted by atomic mass is 16.5. The molecule has 4 nitrogen and oxygen atoms in total. The second-order valence-corrected chi connectivity index (χ2v) is 3.69. The van der Waals surface area contributed by atoms with Gasteiger partial charge in [0.05, 0.1) is 12.1 Å². The number of hydrogen-bond acceptors (Lipinski definition) is 3. The summed E-state index contributed by atoms with van der Waals surface area (Å²) in [5.74, 6) is -0.0281. The van der Waals surface area contributed by atoms with Crippen LogP contribution in [0.1, 0.15) is 27.2 Å². The van der Waals surface area contributed by atoms with E-state index in [2.05, 4.69) is 0 Å². The van der Waals surface area contributed by atoms with Gasteiger partial charge in [-0.3, -0.25) is 4.79 Å². The van der Waals surface area contributed by atoms with Crippen LogP contribution in [-0.4, -0.2) is 43.2 Å². The van der Waals surface area contributed by atoms with E-state index in [-0.39, 0.29) is 5.91 Å². The van der Waals surface area contributed by atoms with Crippen LogP contribution >= 0.6 is 0 Å². The zero-order valence-corrected chi connectivity index (χ0v) is 9.67. The summed E-state index contributed by atoms with van der Waals surface area (Å²) < 4.78 is 5.17. The quantitative estimate of drug-likeness (QED) is 0.642. The normalized spacial score (nSPS) is 14.9. The highest BCUT2D eigenvalue weighted by Gasteiger charge is 2.28. The topological polar surface area (TPSA) is 55.6 Å². The van der Waals surface area contributed by atoms with Crippen molar-refractivity contribution < 1.29 is 9.53 Å².